The molecule has 2 aromatic carbocycles. The first-order valence-electron chi connectivity index (χ1n) is 8.92. The average Bonchev–Trinajstić information content (AvgIpc) is 3.34. The van der Waals surface area contributed by atoms with Crippen LogP contribution in [0.15, 0.2) is 60.8 Å². The van der Waals surface area contributed by atoms with Crippen LogP contribution in [0.1, 0.15) is 27.0 Å². The van der Waals surface area contributed by atoms with Crippen LogP contribution in [-0.2, 0) is 6.61 Å². The van der Waals surface area contributed by atoms with Gasteiger partial charge in [-0.2, -0.15) is 10.5 Å². The van der Waals surface area contributed by atoms with Crippen LogP contribution in [0.25, 0.3) is 22.3 Å². The van der Waals surface area contributed by atoms with E-state index in [4.69, 9.17) is 10.00 Å². The molecular weight excluding hydrogens is 364 g/mol. The van der Waals surface area contributed by atoms with Gasteiger partial charge in [0.15, 0.2) is 0 Å². The first-order valence-corrected chi connectivity index (χ1v) is 8.92. The molecule has 0 saturated carbocycles. The Morgan fingerprint density at radius 3 is 2.52 bits per heavy atom. The van der Waals surface area contributed by atoms with E-state index in [2.05, 4.69) is 17.1 Å². The Morgan fingerprint density at radius 1 is 1.00 bits per heavy atom. The molecule has 3 heterocycles. The van der Waals surface area contributed by atoms with Crippen LogP contribution in [0.3, 0.4) is 0 Å². The third-order valence-electron chi connectivity index (χ3n) is 4.96. The van der Waals surface area contributed by atoms with Gasteiger partial charge in [-0.15, -0.1) is 0 Å². The molecule has 0 aliphatic carbocycles. The molecule has 0 fully saturated rings. The quantitative estimate of drug-likeness (QED) is 0.474. The lowest BCUT2D eigenvalue weighted by Crippen LogP contribution is -2.08. The van der Waals surface area contributed by atoms with E-state index in [1.807, 2.05) is 18.2 Å². The van der Waals surface area contributed by atoms with Crippen molar-refractivity contribution in [3.63, 3.8) is 0 Å². The van der Waals surface area contributed by atoms with Gasteiger partial charge in [-0.25, -0.2) is 4.98 Å². The minimum Gasteiger partial charge on any atom is -0.487 e. The van der Waals surface area contributed by atoms with Crippen LogP contribution in [0, 0.1) is 22.7 Å². The summed E-state index contributed by atoms with van der Waals surface area (Å²) < 4.78 is 7.68. The molecule has 0 radical (unpaired) electrons. The molecule has 5 rings (SSSR count). The van der Waals surface area contributed by atoms with E-state index < -0.39 is 0 Å². The number of aromatic nitrogens is 2. The van der Waals surface area contributed by atoms with Crippen LogP contribution in [0.4, 0.5) is 0 Å². The van der Waals surface area contributed by atoms with Gasteiger partial charge < -0.3 is 4.74 Å². The number of rotatable bonds is 3. The first kappa shape index (κ1) is 16.7. The molecule has 0 saturated heterocycles. The molecule has 29 heavy (non-hydrogen) atoms. The van der Waals surface area contributed by atoms with Crippen molar-refractivity contribution in [2.24, 2.45) is 0 Å². The number of ether oxygens (including phenoxy) is 1. The predicted octanol–water partition coefficient (Wildman–Crippen LogP) is 4.03. The number of nitrogens with zero attached hydrogens (tertiary/aromatic N) is 4. The Kier molecular flexibility index (Phi) is 3.65. The van der Waals surface area contributed by atoms with Crippen molar-refractivity contribution in [3.05, 3.63) is 83.0 Å². The summed E-state index contributed by atoms with van der Waals surface area (Å²) in [7, 11) is 0. The summed E-state index contributed by atoms with van der Waals surface area (Å²) in [6.45, 7) is 0.218. The molecule has 1 aliphatic rings. The van der Waals surface area contributed by atoms with Crippen molar-refractivity contribution in [1.82, 2.24) is 9.55 Å². The Labute approximate surface area is 165 Å². The van der Waals surface area contributed by atoms with Crippen molar-refractivity contribution in [3.8, 4) is 29.3 Å². The highest BCUT2D eigenvalue weighted by Crippen LogP contribution is 2.41. The zero-order valence-corrected chi connectivity index (χ0v) is 15.1. The summed E-state index contributed by atoms with van der Waals surface area (Å²) in [4.78, 5) is 17.7. The number of pyridine rings is 1. The van der Waals surface area contributed by atoms with Crippen molar-refractivity contribution >= 4 is 16.8 Å². The van der Waals surface area contributed by atoms with Crippen LogP contribution in [0.2, 0.25) is 0 Å². The molecule has 0 atom stereocenters. The van der Waals surface area contributed by atoms with Crippen molar-refractivity contribution in [1.29, 1.82) is 10.5 Å². The second-order valence-electron chi connectivity index (χ2n) is 6.67. The van der Waals surface area contributed by atoms with Gasteiger partial charge in [0.05, 0.1) is 34.5 Å². The summed E-state index contributed by atoms with van der Waals surface area (Å²) in [5.74, 6) is 0.215. The van der Waals surface area contributed by atoms with E-state index in [9.17, 15) is 10.1 Å². The molecular formula is C23H12N4O2. The van der Waals surface area contributed by atoms with Crippen LogP contribution < -0.4 is 4.74 Å². The molecule has 4 aromatic rings. The molecule has 0 bridgehead atoms. The number of benzene rings is 2. The number of hydrogen-bond donors (Lipinski definition) is 0. The van der Waals surface area contributed by atoms with Crippen LogP contribution in [-0.4, -0.2) is 15.5 Å². The zero-order valence-electron chi connectivity index (χ0n) is 15.1. The largest absolute Gasteiger partial charge is 0.487 e. The second kappa shape index (κ2) is 6.33. The van der Waals surface area contributed by atoms with Gasteiger partial charge in [0.1, 0.15) is 23.6 Å². The Hall–Kier alpha value is -4.42. The fourth-order valence-corrected chi connectivity index (χ4v) is 3.54. The SMILES string of the molecule is N#Cc1ccc(COc2c3c(nc4ccc(C#N)cc24)-c2cccn2C3=O)cc1. The van der Waals surface area contributed by atoms with Gasteiger partial charge in [0.2, 0.25) is 0 Å². The normalized spacial score (nSPS) is 11.6. The maximum Gasteiger partial charge on any atom is 0.268 e. The molecule has 2 aromatic heterocycles. The minimum atomic E-state index is -0.202. The first-order chi connectivity index (χ1) is 14.2. The zero-order chi connectivity index (χ0) is 20.0. The summed E-state index contributed by atoms with van der Waals surface area (Å²) in [5, 5.41) is 18.9. The summed E-state index contributed by atoms with van der Waals surface area (Å²) in [6.07, 6.45) is 1.70. The molecule has 6 nitrogen and oxygen atoms in total. The second-order valence-corrected chi connectivity index (χ2v) is 6.67. The summed E-state index contributed by atoms with van der Waals surface area (Å²) in [5.41, 5.74) is 4.25. The average molecular weight is 376 g/mol. The Bertz CT molecular complexity index is 1390. The fourth-order valence-electron chi connectivity index (χ4n) is 3.54. The van der Waals surface area contributed by atoms with Gasteiger partial charge in [0, 0.05) is 11.6 Å². The number of hydrogen-bond acceptors (Lipinski definition) is 5. The van der Waals surface area contributed by atoms with Gasteiger partial charge in [-0.1, -0.05) is 12.1 Å². The third-order valence-corrected chi connectivity index (χ3v) is 4.96. The van der Waals surface area contributed by atoms with Crippen LogP contribution in [0.5, 0.6) is 5.75 Å². The highest BCUT2D eigenvalue weighted by Gasteiger charge is 2.32. The molecule has 0 unspecified atom stereocenters. The van der Waals surface area contributed by atoms with E-state index in [-0.39, 0.29) is 12.5 Å². The molecule has 6 heteroatoms. The van der Waals surface area contributed by atoms with Crippen LogP contribution >= 0.6 is 0 Å². The number of carbonyl (C=O) groups is 1. The molecule has 0 spiro atoms. The maximum atomic E-state index is 13.0. The fraction of sp³-hybridized carbons (Fsp3) is 0.0435. The van der Waals surface area contributed by atoms with E-state index >= 15 is 0 Å². The topological polar surface area (TPSA) is 91.7 Å². The van der Waals surface area contributed by atoms with E-state index in [0.29, 0.717) is 39.0 Å². The Morgan fingerprint density at radius 2 is 1.76 bits per heavy atom. The summed E-state index contributed by atoms with van der Waals surface area (Å²) >= 11 is 0. The lowest BCUT2D eigenvalue weighted by atomic mass is 10.0. The van der Waals surface area contributed by atoms with Gasteiger partial charge in [0.25, 0.3) is 5.91 Å². The predicted molar refractivity (Wildman–Crippen MR) is 105 cm³/mol. The number of nitriles is 2. The minimum absolute atomic E-state index is 0.202. The lowest BCUT2D eigenvalue weighted by molar-refractivity contribution is 0.0965. The van der Waals surface area contributed by atoms with Crippen molar-refractivity contribution in [2.75, 3.05) is 0 Å². The molecule has 136 valence electrons. The standard InChI is InChI=1S/C23H12N4O2/c24-11-14-3-5-15(6-4-14)13-29-22-17-10-16(12-25)7-8-18(17)26-21-19-2-1-9-27(19)23(28)20(21)22/h1-10H,13H2. The highest BCUT2D eigenvalue weighted by atomic mass is 16.5. The van der Waals surface area contributed by atoms with Gasteiger partial charge >= 0.3 is 0 Å². The van der Waals surface area contributed by atoms with E-state index in [1.165, 1.54) is 0 Å². The van der Waals surface area contributed by atoms with Crippen molar-refractivity contribution in [2.45, 2.75) is 6.61 Å². The number of fused-ring (bicyclic) bond motifs is 4. The Balaban J connectivity index is 1.66. The third kappa shape index (κ3) is 2.55. The molecule has 0 amide bonds. The summed E-state index contributed by atoms with van der Waals surface area (Å²) in [6, 6.07) is 20.1. The maximum absolute atomic E-state index is 13.0. The molecule has 0 N–H and O–H groups in total. The van der Waals surface area contributed by atoms with E-state index in [1.54, 1.807) is 47.2 Å². The van der Waals surface area contributed by atoms with Gasteiger partial charge in [-0.05, 0) is 48.0 Å². The molecule has 1 aliphatic heterocycles. The van der Waals surface area contributed by atoms with Gasteiger partial charge in [-0.3, -0.25) is 9.36 Å². The lowest BCUT2D eigenvalue weighted by Gasteiger charge is -2.13. The van der Waals surface area contributed by atoms with Crippen molar-refractivity contribution < 1.29 is 9.53 Å². The highest BCUT2D eigenvalue weighted by molar-refractivity contribution is 6.13. The smallest absolute Gasteiger partial charge is 0.268 e. The number of carbonyl (C=O) groups excluding carboxylic acids is 1. The van der Waals surface area contributed by atoms with E-state index in [0.717, 1.165) is 11.3 Å². The monoisotopic (exact) mass is 376 g/mol.